The van der Waals surface area contributed by atoms with E-state index in [9.17, 15) is 14.9 Å². The number of hydrogen-bond acceptors (Lipinski definition) is 5. The SMILES string of the molecule is Cn1ncc([N+](=O)[O-])c1C(=O)NCC1CCCO1. The van der Waals surface area contributed by atoms with E-state index in [0.29, 0.717) is 13.2 Å². The van der Waals surface area contributed by atoms with Crippen molar-refractivity contribution in [3.05, 3.63) is 22.0 Å². The highest BCUT2D eigenvalue weighted by Crippen LogP contribution is 2.17. The smallest absolute Gasteiger partial charge is 0.320 e. The van der Waals surface area contributed by atoms with Gasteiger partial charge in [-0.2, -0.15) is 5.10 Å². The van der Waals surface area contributed by atoms with E-state index in [4.69, 9.17) is 4.74 Å². The van der Waals surface area contributed by atoms with Gasteiger partial charge in [0, 0.05) is 20.2 Å². The molecule has 0 saturated carbocycles. The summed E-state index contributed by atoms with van der Waals surface area (Å²) in [5.74, 6) is -0.503. The molecule has 1 aliphatic rings. The minimum Gasteiger partial charge on any atom is -0.376 e. The third kappa shape index (κ3) is 2.48. The molecule has 1 aromatic rings. The van der Waals surface area contributed by atoms with Gasteiger partial charge in [-0.1, -0.05) is 0 Å². The summed E-state index contributed by atoms with van der Waals surface area (Å²) in [6.07, 6.45) is 2.95. The molecular weight excluding hydrogens is 240 g/mol. The second-order valence-electron chi connectivity index (χ2n) is 4.10. The van der Waals surface area contributed by atoms with Crippen LogP contribution in [0.1, 0.15) is 23.3 Å². The molecular formula is C10H14N4O4. The third-order valence-electron chi connectivity index (χ3n) is 2.85. The standard InChI is InChI=1S/C10H14N4O4/c1-13-9(8(6-12-13)14(16)17)10(15)11-5-7-3-2-4-18-7/h6-7H,2-5H2,1H3,(H,11,15). The van der Waals surface area contributed by atoms with E-state index in [1.54, 1.807) is 0 Å². The van der Waals surface area contributed by atoms with Crippen molar-refractivity contribution in [1.82, 2.24) is 15.1 Å². The summed E-state index contributed by atoms with van der Waals surface area (Å²) in [5.41, 5.74) is -0.333. The van der Waals surface area contributed by atoms with Crippen LogP contribution in [0.4, 0.5) is 5.69 Å². The molecule has 0 bridgehead atoms. The van der Waals surface area contributed by atoms with Gasteiger partial charge in [-0.25, -0.2) is 0 Å². The molecule has 0 aliphatic carbocycles. The molecule has 1 N–H and O–H groups in total. The first-order valence-corrected chi connectivity index (χ1v) is 5.66. The first-order chi connectivity index (χ1) is 8.59. The molecule has 2 heterocycles. The van der Waals surface area contributed by atoms with E-state index in [0.717, 1.165) is 19.0 Å². The number of hydrogen-bond donors (Lipinski definition) is 1. The second kappa shape index (κ2) is 5.13. The highest BCUT2D eigenvalue weighted by molar-refractivity contribution is 5.96. The van der Waals surface area contributed by atoms with Gasteiger partial charge in [-0.15, -0.1) is 0 Å². The molecule has 0 aromatic carbocycles. The summed E-state index contributed by atoms with van der Waals surface area (Å²) < 4.78 is 6.55. The Labute approximate surface area is 103 Å². The molecule has 0 spiro atoms. The molecule has 1 amide bonds. The number of carbonyl (C=O) groups is 1. The van der Waals surface area contributed by atoms with Crippen LogP contribution in [-0.2, 0) is 11.8 Å². The lowest BCUT2D eigenvalue weighted by molar-refractivity contribution is -0.385. The molecule has 1 atom stereocenters. The number of nitrogens with one attached hydrogen (secondary N) is 1. The van der Waals surface area contributed by atoms with Crippen molar-refractivity contribution in [3.8, 4) is 0 Å². The van der Waals surface area contributed by atoms with Crippen LogP contribution >= 0.6 is 0 Å². The minimum atomic E-state index is -0.617. The third-order valence-corrected chi connectivity index (χ3v) is 2.85. The lowest BCUT2D eigenvalue weighted by Gasteiger charge is -2.10. The molecule has 98 valence electrons. The molecule has 8 nitrogen and oxygen atoms in total. The number of ether oxygens (including phenoxy) is 1. The molecule has 1 saturated heterocycles. The van der Waals surface area contributed by atoms with Gasteiger partial charge in [0.25, 0.3) is 5.91 Å². The topological polar surface area (TPSA) is 99.3 Å². The fourth-order valence-corrected chi connectivity index (χ4v) is 1.92. The van der Waals surface area contributed by atoms with Gasteiger partial charge in [0.2, 0.25) is 5.69 Å². The summed E-state index contributed by atoms with van der Waals surface area (Å²) in [5, 5.41) is 17.1. The second-order valence-corrected chi connectivity index (χ2v) is 4.10. The van der Waals surface area contributed by atoms with Crippen LogP contribution in [0.2, 0.25) is 0 Å². The summed E-state index contributed by atoms with van der Waals surface area (Å²) in [6.45, 7) is 1.06. The summed E-state index contributed by atoms with van der Waals surface area (Å²) in [6, 6.07) is 0. The number of carbonyl (C=O) groups excluding carboxylic acids is 1. The minimum absolute atomic E-state index is 0.00114. The Morgan fingerprint density at radius 1 is 1.78 bits per heavy atom. The van der Waals surface area contributed by atoms with Crippen LogP contribution in [0.25, 0.3) is 0 Å². The molecule has 1 unspecified atom stereocenters. The van der Waals surface area contributed by atoms with Gasteiger partial charge in [-0.05, 0) is 12.8 Å². The number of nitro groups is 1. The number of rotatable bonds is 4. The van der Waals surface area contributed by atoms with Crippen molar-refractivity contribution >= 4 is 11.6 Å². The maximum Gasteiger partial charge on any atom is 0.320 e. The Balaban J connectivity index is 2.03. The Morgan fingerprint density at radius 3 is 3.17 bits per heavy atom. The highest BCUT2D eigenvalue weighted by Gasteiger charge is 2.26. The van der Waals surface area contributed by atoms with Crippen LogP contribution in [0.3, 0.4) is 0 Å². The summed E-state index contributed by atoms with van der Waals surface area (Å²) in [7, 11) is 1.49. The molecule has 2 rings (SSSR count). The largest absolute Gasteiger partial charge is 0.376 e. The molecule has 1 aromatic heterocycles. The van der Waals surface area contributed by atoms with Crippen molar-refractivity contribution < 1.29 is 14.5 Å². The monoisotopic (exact) mass is 254 g/mol. The van der Waals surface area contributed by atoms with Crippen LogP contribution in [-0.4, -0.2) is 39.9 Å². The molecule has 1 fully saturated rings. The maximum atomic E-state index is 11.9. The van der Waals surface area contributed by atoms with Crippen molar-refractivity contribution in [1.29, 1.82) is 0 Å². The Kier molecular flexibility index (Phi) is 3.56. The highest BCUT2D eigenvalue weighted by atomic mass is 16.6. The van der Waals surface area contributed by atoms with E-state index in [-0.39, 0.29) is 17.5 Å². The predicted octanol–water partition coefficient (Wildman–Crippen LogP) is 0.237. The van der Waals surface area contributed by atoms with Gasteiger partial charge in [0.15, 0.2) is 0 Å². The Bertz CT molecular complexity index is 464. The predicted molar refractivity (Wildman–Crippen MR) is 61.2 cm³/mol. The van der Waals surface area contributed by atoms with E-state index in [1.807, 2.05) is 0 Å². The van der Waals surface area contributed by atoms with Crippen molar-refractivity contribution in [3.63, 3.8) is 0 Å². The normalized spacial score (nSPS) is 18.8. The van der Waals surface area contributed by atoms with E-state index >= 15 is 0 Å². The number of aromatic nitrogens is 2. The van der Waals surface area contributed by atoms with E-state index < -0.39 is 10.8 Å². The molecule has 18 heavy (non-hydrogen) atoms. The fraction of sp³-hybridized carbons (Fsp3) is 0.600. The molecule has 8 heteroatoms. The number of aryl methyl sites for hydroxylation is 1. The van der Waals surface area contributed by atoms with E-state index in [1.165, 1.54) is 11.7 Å². The molecule has 0 radical (unpaired) electrons. The Hall–Kier alpha value is -1.96. The quantitative estimate of drug-likeness (QED) is 0.612. The van der Waals surface area contributed by atoms with Crippen molar-refractivity contribution in [2.24, 2.45) is 7.05 Å². The van der Waals surface area contributed by atoms with E-state index in [2.05, 4.69) is 10.4 Å². The van der Waals surface area contributed by atoms with Crippen molar-refractivity contribution in [2.75, 3.05) is 13.2 Å². The average Bonchev–Trinajstić information content (AvgIpc) is 2.94. The lowest BCUT2D eigenvalue weighted by atomic mass is 10.2. The maximum absolute atomic E-state index is 11.9. The molecule has 1 aliphatic heterocycles. The van der Waals surface area contributed by atoms with Crippen molar-refractivity contribution in [2.45, 2.75) is 18.9 Å². The van der Waals surface area contributed by atoms with Gasteiger partial charge in [-0.3, -0.25) is 19.6 Å². The fourth-order valence-electron chi connectivity index (χ4n) is 1.92. The van der Waals surface area contributed by atoms with Gasteiger partial charge < -0.3 is 10.1 Å². The van der Waals surface area contributed by atoms with Crippen LogP contribution < -0.4 is 5.32 Å². The van der Waals surface area contributed by atoms with Crippen LogP contribution in [0, 0.1) is 10.1 Å². The number of nitrogens with zero attached hydrogens (tertiary/aromatic N) is 3. The zero-order valence-corrected chi connectivity index (χ0v) is 9.96. The lowest BCUT2D eigenvalue weighted by Crippen LogP contribution is -2.33. The zero-order chi connectivity index (χ0) is 13.1. The summed E-state index contributed by atoms with van der Waals surface area (Å²) >= 11 is 0. The van der Waals surface area contributed by atoms with Crippen LogP contribution in [0.15, 0.2) is 6.20 Å². The zero-order valence-electron chi connectivity index (χ0n) is 9.96. The van der Waals surface area contributed by atoms with Gasteiger partial charge in [0.1, 0.15) is 6.20 Å². The number of amides is 1. The summed E-state index contributed by atoms with van der Waals surface area (Å²) in [4.78, 5) is 22.0. The van der Waals surface area contributed by atoms with Gasteiger partial charge in [0.05, 0.1) is 11.0 Å². The Morgan fingerprint density at radius 2 is 2.56 bits per heavy atom. The first-order valence-electron chi connectivity index (χ1n) is 5.66. The van der Waals surface area contributed by atoms with Gasteiger partial charge >= 0.3 is 5.69 Å². The van der Waals surface area contributed by atoms with Crippen LogP contribution in [0.5, 0.6) is 0 Å². The first kappa shape index (κ1) is 12.5. The average molecular weight is 254 g/mol.